The van der Waals surface area contributed by atoms with Crippen LogP contribution in [0.25, 0.3) is 0 Å². The smallest absolute Gasteiger partial charge is 0.0374 e. The van der Waals surface area contributed by atoms with E-state index in [9.17, 15) is 0 Å². The SMILES string of the molecule is CCCc1ccccc1NC(C)CC1CC1. The van der Waals surface area contributed by atoms with Gasteiger partial charge < -0.3 is 5.32 Å². The van der Waals surface area contributed by atoms with Gasteiger partial charge in [-0.25, -0.2) is 0 Å². The first-order valence-corrected chi connectivity index (χ1v) is 6.64. The molecular weight excluding hydrogens is 194 g/mol. The molecule has 0 radical (unpaired) electrons. The van der Waals surface area contributed by atoms with Crippen LogP contribution in [-0.2, 0) is 6.42 Å². The molecule has 0 aliphatic heterocycles. The molecule has 1 N–H and O–H groups in total. The summed E-state index contributed by atoms with van der Waals surface area (Å²) < 4.78 is 0. The van der Waals surface area contributed by atoms with Crippen LogP contribution in [-0.4, -0.2) is 6.04 Å². The Morgan fingerprint density at radius 2 is 2.06 bits per heavy atom. The zero-order valence-corrected chi connectivity index (χ0v) is 10.5. The summed E-state index contributed by atoms with van der Waals surface area (Å²) in [4.78, 5) is 0. The fourth-order valence-electron chi connectivity index (χ4n) is 2.33. The van der Waals surface area contributed by atoms with Crippen LogP contribution in [0.1, 0.15) is 45.1 Å². The summed E-state index contributed by atoms with van der Waals surface area (Å²) in [6, 6.07) is 9.35. The number of hydrogen-bond donors (Lipinski definition) is 1. The molecule has 1 nitrogen and oxygen atoms in total. The lowest BCUT2D eigenvalue weighted by Crippen LogP contribution is -2.16. The van der Waals surface area contributed by atoms with E-state index in [4.69, 9.17) is 0 Å². The minimum atomic E-state index is 0.616. The highest BCUT2D eigenvalue weighted by Crippen LogP contribution is 2.34. The van der Waals surface area contributed by atoms with Crippen molar-refractivity contribution >= 4 is 5.69 Å². The van der Waals surface area contributed by atoms with Crippen LogP contribution < -0.4 is 5.32 Å². The second-order valence-electron chi connectivity index (χ2n) is 5.13. The normalized spacial score (nSPS) is 17.1. The monoisotopic (exact) mass is 217 g/mol. The van der Waals surface area contributed by atoms with E-state index < -0.39 is 0 Å². The molecule has 0 amide bonds. The second-order valence-corrected chi connectivity index (χ2v) is 5.13. The Morgan fingerprint density at radius 1 is 1.31 bits per heavy atom. The van der Waals surface area contributed by atoms with Crippen molar-refractivity contribution in [2.75, 3.05) is 5.32 Å². The number of rotatable bonds is 6. The van der Waals surface area contributed by atoms with Crippen molar-refractivity contribution in [3.8, 4) is 0 Å². The molecule has 0 spiro atoms. The highest BCUT2D eigenvalue weighted by atomic mass is 14.9. The minimum absolute atomic E-state index is 0.616. The molecule has 1 heteroatoms. The van der Waals surface area contributed by atoms with Crippen molar-refractivity contribution in [2.24, 2.45) is 5.92 Å². The Hall–Kier alpha value is -0.980. The van der Waals surface area contributed by atoms with Crippen molar-refractivity contribution in [3.05, 3.63) is 29.8 Å². The Balaban J connectivity index is 1.95. The van der Waals surface area contributed by atoms with Gasteiger partial charge >= 0.3 is 0 Å². The lowest BCUT2D eigenvalue weighted by Gasteiger charge is -2.17. The molecule has 88 valence electrons. The minimum Gasteiger partial charge on any atom is -0.382 e. The maximum Gasteiger partial charge on any atom is 0.0374 e. The largest absolute Gasteiger partial charge is 0.382 e. The van der Waals surface area contributed by atoms with Crippen LogP contribution in [0.2, 0.25) is 0 Å². The zero-order valence-electron chi connectivity index (χ0n) is 10.5. The summed E-state index contributed by atoms with van der Waals surface area (Å²) in [7, 11) is 0. The average molecular weight is 217 g/mol. The van der Waals surface area contributed by atoms with E-state index in [2.05, 4.69) is 43.4 Å². The van der Waals surface area contributed by atoms with Crippen LogP contribution in [0.4, 0.5) is 5.69 Å². The topological polar surface area (TPSA) is 12.0 Å². The zero-order chi connectivity index (χ0) is 11.4. The van der Waals surface area contributed by atoms with Gasteiger partial charge in [0.1, 0.15) is 0 Å². The Bertz CT molecular complexity index is 328. The van der Waals surface area contributed by atoms with Crippen LogP contribution in [0.15, 0.2) is 24.3 Å². The third-order valence-electron chi connectivity index (χ3n) is 3.32. The maximum absolute atomic E-state index is 3.67. The Kier molecular flexibility index (Phi) is 3.87. The molecule has 1 saturated carbocycles. The standard InChI is InChI=1S/C15H23N/c1-3-6-14-7-4-5-8-15(14)16-12(2)11-13-9-10-13/h4-5,7-8,12-13,16H,3,6,9-11H2,1-2H3. The summed E-state index contributed by atoms with van der Waals surface area (Å²) >= 11 is 0. The van der Waals surface area contributed by atoms with E-state index in [0.717, 1.165) is 5.92 Å². The lowest BCUT2D eigenvalue weighted by molar-refractivity contribution is 0.641. The van der Waals surface area contributed by atoms with Crippen molar-refractivity contribution in [1.29, 1.82) is 0 Å². The van der Waals surface area contributed by atoms with Gasteiger partial charge in [-0.05, 0) is 37.3 Å². The summed E-state index contributed by atoms with van der Waals surface area (Å²) in [5.41, 5.74) is 2.81. The van der Waals surface area contributed by atoms with Gasteiger partial charge in [0.25, 0.3) is 0 Å². The third kappa shape index (κ3) is 3.26. The number of hydrogen-bond acceptors (Lipinski definition) is 1. The van der Waals surface area contributed by atoms with Gasteiger partial charge in [0.2, 0.25) is 0 Å². The first-order valence-electron chi connectivity index (χ1n) is 6.64. The van der Waals surface area contributed by atoms with Crippen molar-refractivity contribution < 1.29 is 0 Å². The average Bonchev–Trinajstić information content (AvgIpc) is 3.05. The maximum atomic E-state index is 3.67. The first-order chi connectivity index (χ1) is 7.79. The third-order valence-corrected chi connectivity index (χ3v) is 3.32. The van der Waals surface area contributed by atoms with E-state index >= 15 is 0 Å². The summed E-state index contributed by atoms with van der Waals surface area (Å²) in [5, 5.41) is 3.67. The highest BCUT2D eigenvalue weighted by Gasteiger charge is 2.23. The van der Waals surface area contributed by atoms with Gasteiger partial charge in [0.15, 0.2) is 0 Å². The Morgan fingerprint density at radius 3 is 2.75 bits per heavy atom. The van der Waals surface area contributed by atoms with Gasteiger partial charge in [-0.15, -0.1) is 0 Å². The van der Waals surface area contributed by atoms with E-state index in [-0.39, 0.29) is 0 Å². The first kappa shape index (κ1) is 11.5. The number of nitrogens with one attached hydrogen (secondary N) is 1. The molecule has 1 aliphatic carbocycles. The number of para-hydroxylation sites is 1. The summed E-state index contributed by atoms with van der Waals surface area (Å²) in [5.74, 6) is 1.00. The molecule has 1 fully saturated rings. The predicted octanol–water partition coefficient (Wildman–Crippen LogP) is 4.24. The molecular formula is C15H23N. The second kappa shape index (κ2) is 5.38. The fraction of sp³-hybridized carbons (Fsp3) is 0.600. The van der Waals surface area contributed by atoms with Gasteiger partial charge in [-0.2, -0.15) is 0 Å². The number of aryl methyl sites for hydroxylation is 1. The molecule has 2 rings (SSSR count). The summed E-state index contributed by atoms with van der Waals surface area (Å²) in [6.45, 7) is 4.55. The fourth-order valence-corrected chi connectivity index (χ4v) is 2.33. The van der Waals surface area contributed by atoms with Crippen LogP contribution in [0.5, 0.6) is 0 Å². The number of anilines is 1. The van der Waals surface area contributed by atoms with E-state index in [1.807, 2.05) is 0 Å². The lowest BCUT2D eigenvalue weighted by atomic mass is 10.1. The van der Waals surface area contributed by atoms with Crippen LogP contribution in [0.3, 0.4) is 0 Å². The quantitative estimate of drug-likeness (QED) is 0.751. The van der Waals surface area contributed by atoms with E-state index in [1.165, 1.54) is 43.4 Å². The molecule has 1 aromatic carbocycles. The van der Waals surface area contributed by atoms with Gasteiger partial charge in [0, 0.05) is 11.7 Å². The predicted molar refractivity (Wildman–Crippen MR) is 70.9 cm³/mol. The van der Waals surface area contributed by atoms with Gasteiger partial charge in [-0.3, -0.25) is 0 Å². The van der Waals surface area contributed by atoms with E-state index in [0.29, 0.717) is 6.04 Å². The van der Waals surface area contributed by atoms with E-state index in [1.54, 1.807) is 0 Å². The number of benzene rings is 1. The summed E-state index contributed by atoms with van der Waals surface area (Å²) in [6.07, 6.45) is 6.63. The molecule has 0 saturated heterocycles. The Labute approximate surface area is 99.3 Å². The molecule has 0 heterocycles. The molecule has 0 aromatic heterocycles. The molecule has 1 unspecified atom stereocenters. The van der Waals surface area contributed by atoms with Gasteiger partial charge in [0.05, 0.1) is 0 Å². The van der Waals surface area contributed by atoms with Crippen LogP contribution in [0, 0.1) is 5.92 Å². The molecule has 0 bridgehead atoms. The van der Waals surface area contributed by atoms with Gasteiger partial charge in [-0.1, -0.05) is 44.4 Å². The van der Waals surface area contributed by atoms with Crippen molar-refractivity contribution in [1.82, 2.24) is 0 Å². The molecule has 1 atom stereocenters. The molecule has 1 aliphatic rings. The van der Waals surface area contributed by atoms with Crippen molar-refractivity contribution in [3.63, 3.8) is 0 Å². The molecule has 16 heavy (non-hydrogen) atoms. The van der Waals surface area contributed by atoms with Crippen molar-refractivity contribution in [2.45, 2.75) is 52.0 Å². The highest BCUT2D eigenvalue weighted by molar-refractivity contribution is 5.51. The molecule has 1 aromatic rings. The van der Waals surface area contributed by atoms with Crippen LogP contribution >= 0.6 is 0 Å².